The van der Waals surface area contributed by atoms with Crippen molar-refractivity contribution in [3.05, 3.63) is 0 Å². The van der Waals surface area contributed by atoms with Crippen molar-refractivity contribution in [2.45, 2.75) is 37.6 Å². The van der Waals surface area contributed by atoms with Crippen LogP contribution >= 0.6 is 12.4 Å². The summed E-state index contributed by atoms with van der Waals surface area (Å²) in [6.45, 7) is 2.24. The van der Waals surface area contributed by atoms with Crippen LogP contribution in [0.1, 0.15) is 32.1 Å². The standard InChI is InChI=1S/C9H15NO2.ClH/c11-8(12)7-9(3-4-9)10-5-1-2-6-10;/h1-7H2,(H,11,12);1H. The molecule has 0 bridgehead atoms. The molecule has 1 heterocycles. The maximum absolute atomic E-state index is 10.6. The fraction of sp³-hybridized carbons (Fsp3) is 0.889. The highest BCUT2D eigenvalue weighted by molar-refractivity contribution is 5.85. The zero-order valence-corrected chi connectivity index (χ0v) is 8.48. The number of nitrogens with zero attached hydrogens (tertiary/aromatic N) is 1. The van der Waals surface area contributed by atoms with Crippen LogP contribution in [0.15, 0.2) is 0 Å². The molecule has 0 aromatic carbocycles. The van der Waals surface area contributed by atoms with Crippen molar-refractivity contribution in [1.29, 1.82) is 0 Å². The Balaban J connectivity index is 0.000000845. The van der Waals surface area contributed by atoms with E-state index in [1.807, 2.05) is 0 Å². The quantitative estimate of drug-likeness (QED) is 0.760. The van der Waals surface area contributed by atoms with Crippen LogP contribution in [0.3, 0.4) is 0 Å². The number of likely N-dealkylation sites (tertiary alicyclic amines) is 1. The predicted molar refractivity (Wildman–Crippen MR) is 52.3 cm³/mol. The Labute approximate surface area is 84.5 Å². The molecule has 1 aliphatic carbocycles. The van der Waals surface area contributed by atoms with E-state index in [2.05, 4.69) is 4.90 Å². The van der Waals surface area contributed by atoms with Gasteiger partial charge in [0.05, 0.1) is 6.42 Å². The summed E-state index contributed by atoms with van der Waals surface area (Å²) in [7, 11) is 0. The molecule has 2 aliphatic rings. The van der Waals surface area contributed by atoms with E-state index in [0.29, 0.717) is 6.42 Å². The summed E-state index contributed by atoms with van der Waals surface area (Å²) in [6, 6.07) is 0. The Morgan fingerprint density at radius 3 is 2.23 bits per heavy atom. The van der Waals surface area contributed by atoms with Crippen LogP contribution in [-0.2, 0) is 4.79 Å². The fourth-order valence-corrected chi connectivity index (χ4v) is 2.22. The molecule has 2 fully saturated rings. The van der Waals surface area contributed by atoms with E-state index in [0.717, 1.165) is 25.9 Å². The summed E-state index contributed by atoms with van der Waals surface area (Å²) in [5.41, 5.74) is 0.0856. The molecular formula is C9H16ClNO2. The number of carboxylic acid groups (broad SMARTS) is 1. The first-order valence-electron chi connectivity index (χ1n) is 4.70. The van der Waals surface area contributed by atoms with Crippen LogP contribution in [0.25, 0.3) is 0 Å². The predicted octanol–water partition coefficient (Wildman–Crippen LogP) is 1.51. The number of hydrogen-bond donors (Lipinski definition) is 1. The number of rotatable bonds is 3. The lowest BCUT2D eigenvalue weighted by atomic mass is 10.1. The summed E-state index contributed by atoms with van der Waals surface area (Å²) in [6.07, 6.45) is 5.05. The smallest absolute Gasteiger partial charge is 0.305 e. The van der Waals surface area contributed by atoms with Crippen LogP contribution in [0.5, 0.6) is 0 Å². The summed E-state index contributed by atoms with van der Waals surface area (Å²) in [5, 5.41) is 8.72. The zero-order valence-electron chi connectivity index (χ0n) is 7.66. The monoisotopic (exact) mass is 205 g/mol. The molecule has 13 heavy (non-hydrogen) atoms. The van der Waals surface area contributed by atoms with E-state index in [1.54, 1.807) is 0 Å². The number of aliphatic carboxylic acids is 1. The Morgan fingerprint density at radius 2 is 1.85 bits per heavy atom. The average Bonchev–Trinajstić information content (AvgIpc) is 2.61. The summed E-state index contributed by atoms with van der Waals surface area (Å²) in [4.78, 5) is 13.0. The molecule has 0 spiro atoms. The lowest BCUT2D eigenvalue weighted by molar-refractivity contribution is -0.138. The molecule has 0 aromatic rings. The molecule has 0 radical (unpaired) electrons. The minimum absolute atomic E-state index is 0. The molecule has 0 amide bonds. The fourth-order valence-electron chi connectivity index (χ4n) is 2.22. The van der Waals surface area contributed by atoms with Crippen LogP contribution in [0.2, 0.25) is 0 Å². The Bertz CT molecular complexity index is 198. The van der Waals surface area contributed by atoms with Gasteiger partial charge in [0.2, 0.25) is 0 Å². The summed E-state index contributed by atoms with van der Waals surface area (Å²) < 4.78 is 0. The first kappa shape index (κ1) is 10.8. The Morgan fingerprint density at radius 1 is 1.31 bits per heavy atom. The second-order valence-corrected chi connectivity index (χ2v) is 3.99. The van der Waals surface area contributed by atoms with Gasteiger partial charge in [0, 0.05) is 5.54 Å². The molecule has 4 heteroatoms. The van der Waals surface area contributed by atoms with Gasteiger partial charge in [-0.15, -0.1) is 12.4 Å². The van der Waals surface area contributed by atoms with E-state index in [4.69, 9.17) is 5.11 Å². The van der Waals surface area contributed by atoms with E-state index in [-0.39, 0.29) is 17.9 Å². The third-order valence-electron chi connectivity index (χ3n) is 3.08. The molecular weight excluding hydrogens is 190 g/mol. The largest absolute Gasteiger partial charge is 0.481 e. The first-order chi connectivity index (χ1) is 5.73. The summed E-state index contributed by atoms with van der Waals surface area (Å²) >= 11 is 0. The van der Waals surface area contributed by atoms with Gasteiger partial charge in [-0.25, -0.2) is 0 Å². The lowest BCUT2D eigenvalue weighted by Crippen LogP contribution is -2.36. The minimum Gasteiger partial charge on any atom is -0.481 e. The van der Waals surface area contributed by atoms with E-state index < -0.39 is 5.97 Å². The molecule has 0 aromatic heterocycles. The van der Waals surface area contributed by atoms with Gasteiger partial charge in [0.25, 0.3) is 0 Å². The Hall–Kier alpha value is -0.280. The van der Waals surface area contributed by atoms with E-state index in [1.165, 1.54) is 12.8 Å². The third-order valence-corrected chi connectivity index (χ3v) is 3.08. The minimum atomic E-state index is -0.639. The average molecular weight is 206 g/mol. The SMILES string of the molecule is Cl.O=C(O)CC1(N2CCCC2)CC1. The normalized spacial score (nSPS) is 25.2. The maximum atomic E-state index is 10.6. The molecule has 1 N–H and O–H groups in total. The molecule has 2 rings (SSSR count). The number of halogens is 1. The summed E-state index contributed by atoms with van der Waals surface area (Å²) in [5.74, 6) is -0.639. The highest BCUT2D eigenvalue weighted by Crippen LogP contribution is 2.46. The van der Waals surface area contributed by atoms with Crippen molar-refractivity contribution < 1.29 is 9.90 Å². The van der Waals surface area contributed by atoms with Crippen LogP contribution < -0.4 is 0 Å². The van der Waals surface area contributed by atoms with Gasteiger partial charge in [0.1, 0.15) is 0 Å². The van der Waals surface area contributed by atoms with Gasteiger partial charge in [-0.05, 0) is 38.8 Å². The van der Waals surface area contributed by atoms with Crippen molar-refractivity contribution >= 4 is 18.4 Å². The highest BCUT2D eigenvalue weighted by Gasteiger charge is 2.49. The van der Waals surface area contributed by atoms with Crippen LogP contribution in [0, 0.1) is 0 Å². The zero-order chi connectivity index (χ0) is 8.60. The first-order valence-corrected chi connectivity index (χ1v) is 4.70. The van der Waals surface area contributed by atoms with Crippen LogP contribution in [-0.4, -0.2) is 34.6 Å². The van der Waals surface area contributed by atoms with Crippen molar-refractivity contribution in [3.63, 3.8) is 0 Å². The molecule has 1 aliphatic heterocycles. The van der Waals surface area contributed by atoms with Crippen molar-refractivity contribution in [2.24, 2.45) is 0 Å². The van der Waals surface area contributed by atoms with Crippen LogP contribution in [0.4, 0.5) is 0 Å². The van der Waals surface area contributed by atoms with Crippen molar-refractivity contribution in [3.8, 4) is 0 Å². The lowest BCUT2D eigenvalue weighted by Gasteiger charge is -2.25. The third kappa shape index (κ3) is 2.15. The van der Waals surface area contributed by atoms with Gasteiger partial charge >= 0.3 is 5.97 Å². The van der Waals surface area contributed by atoms with Gasteiger partial charge < -0.3 is 5.11 Å². The van der Waals surface area contributed by atoms with Gasteiger partial charge in [0.15, 0.2) is 0 Å². The maximum Gasteiger partial charge on any atom is 0.305 e. The highest BCUT2D eigenvalue weighted by atomic mass is 35.5. The topological polar surface area (TPSA) is 40.5 Å². The number of carbonyl (C=O) groups is 1. The van der Waals surface area contributed by atoms with Gasteiger partial charge in [-0.2, -0.15) is 0 Å². The molecule has 1 saturated carbocycles. The van der Waals surface area contributed by atoms with Gasteiger partial charge in [-0.1, -0.05) is 0 Å². The van der Waals surface area contributed by atoms with Crippen molar-refractivity contribution in [2.75, 3.05) is 13.1 Å². The molecule has 0 unspecified atom stereocenters. The van der Waals surface area contributed by atoms with E-state index in [9.17, 15) is 4.79 Å². The van der Waals surface area contributed by atoms with Gasteiger partial charge in [-0.3, -0.25) is 9.69 Å². The van der Waals surface area contributed by atoms with E-state index >= 15 is 0 Å². The second-order valence-electron chi connectivity index (χ2n) is 3.99. The molecule has 0 atom stereocenters. The Kier molecular flexibility index (Phi) is 3.19. The molecule has 1 saturated heterocycles. The number of hydrogen-bond acceptors (Lipinski definition) is 2. The van der Waals surface area contributed by atoms with Crippen molar-refractivity contribution in [1.82, 2.24) is 4.90 Å². The second kappa shape index (κ2) is 3.84. The molecule has 3 nitrogen and oxygen atoms in total. The molecule has 76 valence electrons. The number of carboxylic acids is 1.